The van der Waals surface area contributed by atoms with Gasteiger partial charge in [-0.3, -0.25) is 4.79 Å². The fourth-order valence-electron chi connectivity index (χ4n) is 0.809. The third-order valence-corrected chi connectivity index (χ3v) is 4.80. The summed E-state index contributed by atoms with van der Waals surface area (Å²) in [7, 11) is 0.232. The second kappa shape index (κ2) is 4.90. The second-order valence-electron chi connectivity index (χ2n) is 4.18. The Morgan fingerprint density at radius 3 is 2.17 bits per heavy atom. The van der Waals surface area contributed by atoms with Gasteiger partial charge in [-0.25, -0.2) is 0 Å². The van der Waals surface area contributed by atoms with Crippen LogP contribution in [0.1, 0.15) is 40.5 Å². The van der Waals surface area contributed by atoms with Crippen LogP contribution in [0.4, 0.5) is 0 Å². The van der Waals surface area contributed by atoms with Crippen molar-refractivity contribution >= 4 is 16.7 Å². The summed E-state index contributed by atoms with van der Waals surface area (Å²) in [6, 6.07) is 0. The van der Waals surface area contributed by atoms with E-state index in [1.807, 2.05) is 0 Å². The Hall–Kier alpha value is 0.0200. The Balaban J connectivity index is 3.84. The minimum atomic E-state index is 0.232. The van der Waals surface area contributed by atoms with E-state index in [0.29, 0.717) is 10.5 Å². The first-order chi connectivity index (χ1) is 5.38. The quantitative estimate of drug-likeness (QED) is 0.621. The van der Waals surface area contributed by atoms with Gasteiger partial charge < -0.3 is 0 Å². The molecule has 2 heteroatoms. The van der Waals surface area contributed by atoms with Crippen LogP contribution in [0.25, 0.3) is 0 Å². The summed E-state index contributed by atoms with van der Waals surface area (Å²) in [6.45, 7) is 8.67. The Bertz CT molecular complexity index is 146. The van der Waals surface area contributed by atoms with E-state index in [2.05, 4.69) is 34.0 Å². The van der Waals surface area contributed by atoms with E-state index < -0.39 is 0 Å². The molecular weight excluding hydrogens is 168 g/mol. The number of carbonyl (C=O) groups excluding carboxylic acids is 1. The molecule has 1 unspecified atom stereocenters. The van der Waals surface area contributed by atoms with Gasteiger partial charge in [0.25, 0.3) is 0 Å². The van der Waals surface area contributed by atoms with Crippen LogP contribution in [0.3, 0.4) is 0 Å². The summed E-state index contributed by atoms with van der Waals surface area (Å²) in [6.07, 6.45) is 3.93. The summed E-state index contributed by atoms with van der Waals surface area (Å²) in [5, 5.41) is 0. The molecule has 0 radical (unpaired) electrons. The molecule has 0 spiro atoms. The molecule has 0 saturated carbocycles. The van der Waals surface area contributed by atoms with E-state index in [0.717, 1.165) is 18.6 Å². The van der Waals surface area contributed by atoms with Crippen LogP contribution in [0.2, 0.25) is 0 Å². The molecular formula is C10H21OS+. The average Bonchev–Trinajstić information content (AvgIpc) is 1.85. The van der Waals surface area contributed by atoms with Gasteiger partial charge in [0.05, 0.1) is 6.26 Å². The van der Waals surface area contributed by atoms with Crippen molar-refractivity contribution in [3.05, 3.63) is 0 Å². The largest absolute Gasteiger partial charge is 0.294 e. The molecule has 0 aliphatic rings. The van der Waals surface area contributed by atoms with Crippen LogP contribution in [-0.2, 0) is 15.7 Å². The normalized spacial score (nSPS) is 14.4. The molecule has 0 amide bonds. The number of Topliss-reactive ketones (excluding diaryl/α,β-unsaturated/α-hetero) is 1. The molecule has 0 aliphatic heterocycles. The lowest BCUT2D eigenvalue weighted by atomic mass is 10.2. The molecule has 0 rings (SSSR count). The minimum absolute atomic E-state index is 0.232. The molecule has 0 fully saturated rings. The first-order valence-electron chi connectivity index (χ1n) is 4.52. The SMILES string of the molecule is CCCC(=O)C[S+](C)C(C)(C)C. The van der Waals surface area contributed by atoms with Crippen molar-refractivity contribution in [1.29, 1.82) is 0 Å². The maximum absolute atomic E-state index is 11.3. The van der Waals surface area contributed by atoms with E-state index in [-0.39, 0.29) is 10.9 Å². The summed E-state index contributed by atoms with van der Waals surface area (Å²) >= 11 is 0. The van der Waals surface area contributed by atoms with Crippen LogP contribution in [0.5, 0.6) is 0 Å². The lowest BCUT2D eigenvalue weighted by Crippen LogP contribution is -2.32. The van der Waals surface area contributed by atoms with Gasteiger partial charge in [0.2, 0.25) is 0 Å². The third-order valence-electron chi connectivity index (χ3n) is 1.95. The van der Waals surface area contributed by atoms with E-state index in [1.165, 1.54) is 0 Å². The van der Waals surface area contributed by atoms with Gasteiger partial charge in [-0.05, 0) is 38.1 Å². The van der Waals surface area contributed by atoms with Crippen LogP contribution in [-0.4, -0.2) is 22.5 Å². The highest BCUT2D eigenvalue weighted by molar-refractivity contribution is 7.98. The lowest BCUT2D eigenvalue weighted by Gasteiger charge is -2.17. The fraction of sp³-hybridized carbons (Fsp3) is 0.900. The zero-order valence-corrected chi connectivity index (χ0v) is 9.75. The van der Waals surface area contributed by atoms with Gasteiger partial charge in [0.15, 0.2) is 11.5 Å². The molecule has 0 heterocycles. The topological polar surface area (TPSA) is 17.1 Å². The van der Waals surface area contributed by atoms with E-state index in [1.54, 1.807) is 0 Å². The highest BCUT2D eigenvalue weighted by Gasteiger charge is 2.30. The van der Waals surface area contributed by atoms with Gasteiger partial charge in [-0.1, -0.05) is 6.92 Å². The van der Waals surface area contributed by atoms with Crippen molar-refractivity contribution in [3.8, 4) is 0 Å². The molecule has 1 atom stereocenters. The Labute approximate surface area is 79.3 Å². The van der Waals surface area contributed by atoms with Crippen molar-refractivity contribution in [2.45, 2.75) is 45.3 Å². The third kappa shape index (κ3) is 4.81. The van der Waals surface area contributed by atoms with Crippen molar-refractivity contribution in [1.82, 2.24) is 0 Å². The monoisotopic (exact) mass is 189 g/mol. The predicted octanol–water partition coefficient (Wildman–Crippen LogP) is 2.40. The van der Waals surface area contributed by atoms with Crippen LogP contribution in [0.15, 0.2) is 0 Å². The minimum Gasteiger partial charge on any atom is -0.294 e. The Morgan fingerprint density at radius 1 is 1.33 bits per heavy atom. The van der Waals surface area contributed by atoms with Crippen LogP contribution < -0.4 is 0 Å². The number of ketones is 1. The maximum Gasteiger partial charge on any atom is 0.181 e. The van der Waals surface area contributed by atoms with Crippen LogP contribution >= 0.6 is 0 Å². The van der Waals surface area contributed by atoms with Crippen molar-refractivity contribution in [2.75, 3.05) is 12.0 Å². The van der Waals surface area contributed by atoms with Gasteiger partial charge in [0, 0.05) is 6.42 Å². The fourth-order valence-corrected chi connectivity index (χ4v) is 1.87. The highest BCUT2D eigenvalue weighted by atomic mass is 32.2. The molecule has 0 aromatic rings. The standard InChI is InChI=1S/C10H21OS/c1-6-7-9(11)8-12(5)10(2,3)4/h6-8H2,1-5H3/q+1. The highest BCUT2D eigenvalue weighted by Crippen LogP contribution is 2.16. The van der Waals surface area contributed by atoms with E-state index in [9.17, 15) is 4.79 Å². The van der Waals surface area contributed by atoms with Crippen molar-refractivity contribution in [3.63, 3.8) is 0 Å². The molecule has 72 valence electrons. The number of rotatable bonds is 4. The number of carbonyl (C=O) groups is 1. The summed E-state index contributed by atoms with van der Waals surface area (Å²) < 4.78 is 0.295. The smallest absolute Gasteiger partial charge is 0.181 e. The first kappa shape index (κ1) is 12.0. The molecule has 0 N–H and O–H groups in total. The molecule has 0 aliphatic carbocycles. The van der Waals surface area contributed by atoms with Gasteiger partial charge in [0.1, 0.15) is 4.75 Å². The zero-order valence-electron chi connectivity index (χ0n) is 8.94. The Kier molecular flexibility index (Phi) is 4.91. The van der Waals surface area contributed by atoms with Gasteiger partial charge in [-0.15, -0.1) is 0 Å². The van der Waals surface area contributed by atoms with E-state index >= 15 is 0 Å². The molecule has 12 heavy (non-hydrogen) atoms. The van der Waals surface area contributed by atoms with Crippen molar-refractivity contribution in [2.24, 2.45) is 0 Å². The molecule has 0 bridgehead atoms. The number of hydrogen-bond acceptors (Lipinski definition) is 1. The van der Waals surface area contributed by atoms with Crippen molar-refractivity contribution < 1.29 is 4.79 Å². The lowest BCUT2D eigenvalue weighted by molar-refractivity contribution is -0.116. The zero-order chi connectivity index (χ0) is 9.78. The maximum atomic E-state index is 11.3. The number of hydrogen-bond donors (Lipinski definition) is 0. The predicted molar refractivity (Wildman–Crippen MR) is 57.8 cm³/mol. The molecule has 0 saturated heterocycles. The van der Waals surface area contributed by atoms with Gasteiger partial charge in [-0.2, -0.15) is 0 Å². The summed E-state index contributed by atoms with van der Waals surface area (Å²) in [5.41, 5.74) is 0. The average molecular weight is 189 g/mol. The Morgan fingerprint density at radius 2 is 1.83 bits per heavy atom. The molecule has 0 aromatic carbocycles. The van der Waals surface area contributed by atoms with E-state index in [4.69, 9.17) is 0 Å². The molecule has 1 nitrogen and oxygen atoms in total. The summed E-state index contributed by atoms with van der Waals surface area (Å²) in [5.74, 6) is 1.20. The molecule has 0 aromatic heterocycles. The van der Waals surface area contributed by atoms with Gasteiger partial charge >= 0.3 is 0 Å². The van der Waals surface area contributed by atoms with Crippen LogP contribution in [0, 0.1) is 0 Å². The second-order valence-corrected chi connectivity index (χ2v) is 6.97. The summed E-state index contributed by atoms with van der Waals surface area (Å²) in [4.78, 5) is 11.3. The first-order valence-corrected chi connectivity index (χ1v) is 6.32.